The maximum atomic E-state index is 12.2. The molecule has 0 aliphatic heterocycles. The standard InChI is InChI=1S/C14H21NO3/c1-9(8-15)5-12(16)11-7-14(18-4)13(17-3)6-10(11)2/h6-7,9H,5,8,15H2,1-4H3. The van der Waals surface area contributed by atoms with Gasteiger partial charge in [0.25, 0.3) is 0 Å². The van der Waals surface area contributed by atoms with E-state index in [1.165, 1.54) is 0 Å². The van der Waals surface area contributed by atoms with E-state index >= 15 is 0 Å². The van der Waals surface area contributed by atoms with E-state index in [4.69, 9.17) is 15.2 Å². The first-order chi connectivity index (χ1) is 8.53. The fourth-order valence-corrected chi connectivity index (χ4v) is 1.79. The van der Waals surface area contributed by atoms with E-state index in [1.807, 2.05) is 19.9 Å². The first-order valence-electron chi connectivity index (χ1n) is 5.99. The van der Waals surface area contributed by atoms with E-state index in [0.29, 0.717) is 30.0 Å². The van der Waals surface area contributed by atoms with Crippen molar-refractivity contribution in [1.29, 1.82) is 0 Å². The molecule has 4 nitrogen and oxygen atoms in total. The van der Waals surface area contributed by atoms with Gasteiger partial charge < -0.3 is 15.2 Å². The van der Waals surface area contributed by atoms with E-state index in [2.05, 4.69) is 0 Å². The Morgan fingerprint density at radius 3 is 2.33 bits per heavy atom. The lowest BCUT2D eigenvalue weighted by atomic mass is 9.96. The lowest BCUT2D eigenvalue weighted by Gasteiger charge is -2.13. The average Bonchev–Trinajstić information content (AvgIpc) is 2.37. The number of nitrogens with two attached hydrogens (primary N) is 1. The molecule has 0 fully saturated rings. The maximum Gasteiger partial charge on any atom is 0.163 e. The molecule has 1 unspecified atom stereocenters. The Morgan fingerprint density at radius 2 is 1.83 bits per heavy atom. The van der Waals surface area contributed by atoms with Gasteiger partial charge in [-0.05, 0) is 37.1 Å². The van der Waals surface area contributed by atoms with Gasteiger partial charge in [-0.15, -0.1) is 0 Å². The van der Waals surface area contributed by atoms with Crippen molar-refractivity contribution < 1.29 is 14.3 Å². The Hall–Kier alpha value is -1.55. The van der Waals surface area contributed by atoms with Crippen LogP contribution in [0.2, 0.25) is 0 Å². The Morgan fingerprint density at radius 1 is 1.28 bits per heavy atom. The summed E-state index contributed by atoms with van der Waals surface area (Å²) >= 11 is 0. The van der Waals surface area contributed by atoms with Crippen LogP contribution in [-0.2, 0) is 0 Å². The number of ketones is 1. The van der Waals surface area contributed by atoms with E-state index in [9.17, 15) is 4.79 Å². The number of hydrogen-bond acceptors (Lipinski definition) is 4. The molecule has 100 valence electrons. The molecule has 0 aliphatic rings. The molecule has 1 atom stereocenters. The van der Waals surface area contributed by atoms with Crippen molar-refractivity contribution in [1.82, 2.24) is 0 Å². The van der Waals surface area contributed by atoms with Crippen LogP contribution in [0.15, 0.2) is 12.1 Å². The quantitative estimate of drug-likeness (QED) is 0.787. The highest BCUT2D eigenvalue weighted by atomic mass is 16.5. The average molecular weight is 251 g/mol. The van der Waals surface area contributed by atoms with Crippen LogP contribution in [0.4, 0.5) is 0 Å². The molecule has 0 saturated carbocycles. The van der Waals surface area contributed by atoms with Crippen LogP contribution in [-0.4, -0.2) is 26.5 Å². The molecule has 18 heavy (non-hydrogen) atoms. The van der Waals surface area contributed by atoms with Gasteiger partial charge in [-0.3, -0.25) is 4.79 Å². The molecular formula is C14H21NO3. The minimum absolute atomic E-state index is 0.0893. The molecule has 0 radical (unpaired) electrons. The number of Topliss-reactive ketones (excluding diaryl/α,β-unsaturated/α-hetero) is 1. The van der Waals surface area contributed by atoms with Gasteiger partial charge >= 0.3 is 0 Å². The van der Waals surface area contributed by atoms with E-state index in [-0.39, 0.29) is 11.7 Å². The molecule has 0 bridgehead atoms. The van der Waals surface area contributed by atoms with Crippen molar-refractivity contribution in [2.45, 2.75) is 20.3 Å². The second-order valence-electron chi connectivity index (χ2n) is 4.49. The molecule has 2 N–H and O–H groups in total. The number of hydrogen-bond donors (Lipinski definition) is 1. The lowest BCUT2D eigenvalue weighted by Crippen LogP contribution is -2.16. The van der Waals surface area contributed by atoms with Gasteiger partial charge in [0.1, 0.15) is 0 Å². The van der Waals surface area contributed by atoms with Gasteiger partial charge in [-0.2, -0.15) is 0 Å². The van der Waals surface area contributed by atoms with Crippen LogP contribution >= 0.6 is 0 Å². The number of ether oxygens (including phenoxy) is 2. The lowest BCUT2D eigenvalue weighted by molar-refractivity contribution is 0.0965. The molecule has 0 heterocycles. The fraction of sp³-hybridized carbons (Fsp3) is 0.500. The first kappa shape index (κ1) is 14.5. The molecule has 1 rings (SSSR count). The van der Waals surface area contributed by atoms with Crippen LogP contribution < -0.4 is 15.2 Å². The number of methoxy groups -OCH3 is 2. The molecule has 1 aromatic rings. The molecule has 0 aromatic heterocycles. The summed E-state index contributed by atoms with van der Waals surface area (Å²) in [6.45, 7) is 4.37. The molecule has 4 heteroatoms. The molecule has 0 saturated heterocycles. The number of carbonyl (C=O) groups excluding carboxylic acids is 1. The van der Waals surface area contributed by atoms with Crippen LogP contribution in [0.1, 0.15) is 29.3 Å². The third-order valence-electron chi connectivity index (χ3n) is 2.97. The summed E-state index contributed by atoms with van der Waals surface area (Å²) in [7, 11) is 3.14. The number of aryl methyl sites for hydroxylation is 1. The summed E-state index contributed by atoms with van der Waals surface area (Å²) in [4.78, 5) is 12.2. The second-order valence-corrected chi connectivity index (χ2v) is 4.49. The molecule has 0 amide bonds. The highest BCUT2D eigenvalue weighted by Gasteiger charge is 2.16. The first-order valence-corrected chi connectivity index (χ1v) is 5.99. The smallest absolute Gasteiger partial charge is 0.163 e. The van der Waals surface area contributed by atoms with Crippen LogP contribution in [0.5, 0.6) is 11.5 Å². The van der Waals surface area contributed by atoms with Gasteiger partial charge in [0.05, 0.1) is 14.2 Å². The van der Waals surface area contributed by atoms with Crippen molar-refractivity contribution in [3.8, 4) is 11.5 Å². The van der Waals surface area contributed by atoms with Crippen LogP contribution in [0.3, 0.4) is 0 Å². The number of benzene rings is 1. The number of carbonyl (C=O) groups is 1. The van der Waals surface area contributed by atoms with Crippen molar-refractivity contribution in [3.63, 3.8) is 0 Å². The molecular weight excluding hydrogens is 230 g/mol. The zero-order chi connectivity index (χ0) is 13.7. The normalized spacial score (nSPS) is 12.1. The predicted molar refractivity (Wildman–Crippen MR) is 71.4 cm³/mol. The Bertz CT molecular complexity index is 429. The molecule has 0 aliphatic carbocycles. The number of rotatable bonds is 6. The SMILES string of the molecule is COc1cc(C)c(C(=O)CC(C)CN)cc1OC. The van der Waals surface area contributed by atoms with E-state index < -0.39 is 0 Å². The van der Waals surface area contributed by atoms with Crippen molar-refractivity contribution in [3.05, 3.63) is 23.3 Å². The van der Waals surface area contributed by atoms with Crippen molar-refractivity contribution in [2.75, 3.05) is 20.8 Å². The van der Waals surface area contributed by atoms with Gasteiger partial charge in [-0.1, -0.05) is 6.92 Å². The Kier molecular flexibility index (Phi) is 5.16. The molecule has 1 aromatic carbocycles. The summed E-state index contributed by atoms with van der Waals surface area (Å²) in [5.41, 5.74) is 7.11. The van der Waals surface area contributed by atoms with Crippen LogP contribution in [0.25, 0.3) is 0 Å². The second kappa shape index (κ2) is 6.40. The third kappa shape index (κ3) is 3.23. The summed E-state index contributed by atoms with van der Waals surface area (Å²) in [5.74, 6) is 1.49. The summed E-state index contributed by atoms with van der Waals surface area (Å²) in [6.07, 6.45) is 0.451. The Balaban J connectivity index is 3.05. The fourth-order valence-electron chi connectivity index (χ4n) is 1.79. The summed E-state index contributed by atoms with van der Waals surface area (Å²) in [5, 5.41) is 0. The van der Waals surface area contributed by atoms with Gasteiger partial charge in [0.15, 0.2) is 17.3 Å². The van der Waals surface area contributed by atoms with Gasteiger partial charge in [0, 0.05) is 12.0 Å². The summed E-state index contributed by atoms with van der Waals surface area (Å²) < 4.78 is 10.4. The maximum absolute atomic E-state index is 12.2. The van der Waals surface area contributed by atoms with Crippen molar-refractivity contribution in [2.24, 2.45) is 11.7 Å². The zero-order valence-electron chi connectivity index (χ0n) is 11.4. The largest absolute Gasteiger partial charge is 0.493 e. The topological polar surface area (TPSA) is 61.5 Å². The molecule has 0 spiro atoms. The monoisotopic (exact) mass is 251 g/mol. The predicted octanol–water partition coefficient (Wildman–Crippen LogP) is 2.18. The minimum atomic E-state index is 0.0893. The van der Waals surface area contributed by atoms with Crippen molar-refractivity contribution >= 4 is 5.78 Å². The van der Waals surface area contributed by atoms with E-state index in [0.717, 1.165) is 5.56 Å². The van der Waals surface area contributed by atoms with Crippen LogP contribution in [0, 0.1) is 12.8 Å². The third-order valence-corrected chi connectivity index (χ3v) is 2.97. The van der Waals surface area contributed by atoms with Gasteiger partial charge in [0.2, 0.25) is 0 Å². The highest BCUT2D eigenvalue weighted by molar-refractivity contribution is 5.98. The van der Waals surface area contributed by atoms with Gasteiger partial charge in [-0.25, -0.2) is 0 Å². The van der Waals surface area contributed by atoms with E-state index in [1.54, 1.807) is 20.3 Å². The zero-order valence-corrected chi connectivity index (χ0v) is 11.4. The highest BCUT2D eigenvalue weighted by Crippen LogP contribution is 2.31. The minimum Gasteiger partial charge on any atom is -0.493 e. The summed E-state index contributed by atoms with van der Waals surface area (Å²) in [6, 6.07) is 3.55. The Labute approximate surface area is 108 Å².